The van der Waals surface area contributed by atoms with Crippen molar-refractivity contribution in [1.82, 2.24) is 9.88 Å². The van der Waals surface area contributed by atoms with E-state index in [0.717, 1.165) is 19.4 Å². The van der Waals surface area contributed by atoms with Crippen molar-refractivity contribution in [1.29, 1.82) is 0 Å². The summed E-state index contributed by atoms with van der Waals surface area (Å²) >= 11 is 6.13. The van der Waals surface area contributed by atoms with Crippen molar-refractivity contribution in [3.8, 4) is 0 Å². The molecular formula is C14H20ClN3O2. The van der Waals surface area contributed by atoms with Crippen LogP contribution in [0.3, 0.4) is 0 Å². The summed E-state index contributed by atoms with van der Waals surface area (Å²) in [6.45, 7) is 4.12. The van der Waals surface area contributed by atoms with Crippen LogP contribution in [0.5, 0.6) is 0 Å². The lowest BCUT2D eigenvalue weighted by molar-refractivity contribution is 0.0362. The lowest BCUT2D eigenvalue weighted by Crippen LogP contribution is -2.40. The first-order valence-electron chi connectivity index (χ1n) is 6.87. The van der Waals surface area contributed by atoms with E-state index in [1.165, 1.54) is 0 Å². The van der Waals surface area contributed by atoms with Crippen molar-refractivity contribution in [2.45, 2.75) is 25.8 Å². The fraction of sp³-hybridized carbons (Fsp3) is 0.571. The highest BCUT2D eigenvalue weighted by atomic mass is 35.5. The minimum absolute atomic E-state index is 0.0469. The summed E-state index contributed by atoms with van der Waals surface area (Å²) in [6.07, 6.45) is 3.32. The molecule has 6 heteroatoms. The van der Waals surface area contributed by atoms with Crippen LogP contribution < -0.4 is 5.32 Å². The minimum atomic E-state index is -0.0469. The van der Waals surface area contributed by atoms with Gasteiger partial charge in [-0.1, -0.05) is 11.6 Å². The van der Waals surface area contributed by atoms with E-state index >= 15 is 0 Å². The normalized spacial score (nSPS) is 15.9. The lowest BCUT2D eigenvalue weighted by atomic mass is 10.1. The van der Waals surface area contributed by atoms with Gasteiger partial charge in [0.2, 0.25) is 0 Å². The van der Waals surface area contributed by atoms with Crippen molar-refractivity contribution in [2.75, 3.05) is 32.1 Å². The Kier molecular flexibility index (Phi) is 5.20. The van der Waals surface area contributed by atoms with E-state index < -0.39 is 0 Å². The van der Waals surface area contributed by atoms with E-state index in [4.69, 9.17) is 16.3 Å². The number of nitrogens with zero attached hydrogens (tertiary/aromatic N) is 2. The molecule has 1 N–H and O–H groups in total. The van der Waals surface area contributed by atoms with Crippen LogP contribution in [0, 0.1) is 0 Å². The van der Waals surface area contributed by atoms with E-state index in [9.17, 15) is 4.79 Å². The molecule has 0 saturated carbocycles. The number of hydrogen-bond acceptors (Lipinski definition) is 4. The SMILES string of the molecule is CCNc1ncc(C(=O)N(C)C2CCOCC2)cc1Cl. The van der Waals surface area contributed by atoms with E-state index in [1.54, 1.807) is 17.2 Å². The number of rotatable bonds is 4. The van der Waals surface area contributed by atoms with Crippen LogP contribution in [0.15, 0.2) is 12.3 Å². The van der Waals surface area contributed by atoms with Gasteiger partial charge in [0, 0.05) is 39.0 Å². The van der Waals surface area contributed by atoms with E-state index in [-0.39, 0.29) is 11.9 Å². The highest BCUT2D eigenvalue weighted by Crippen LogP contribution is 2.22. The molecule has 5 nitrogen and oxygen atoms in total. The van der Waals surface area contributed by atoms with Crippen LogP contribution in [0.2, 0.25) is 5.02 Å². The molecule has 0 spiro atoms. The Balaban J connectivity index is 2.09. The average Bonchev–Trinajstić information content (AvgIpc) is 2.49. The van der Waals surface area contributed by atoms with Gasteiger partial charge in [0.1, 0.15) is 5.82 Å². The molecule has 1 aliphatic heterocycles. The third-order valence-electron chi connectivity index (χ3n) is 3.49. The molecule has 2 rings (SSSR count). The van der Waals surface area contributed by atoms with Gasteiger partial charge >= 0.3 is 0 Å². The largest absolute Gasteiger partial charge is 0.381 e. The van der Waals surface area contributed by atoms with E-state index in [2.05, 4.69) is 10.3 Å². The van der Waals surface area contributed by atoms with Gasteiger partial charge in [0.25, 0.3) is 5.91 Å². The van der Waals surface area contributed by atoms with Gasteiger partial charge in [-0.3, -0.25) is 4.79 Å². The van der Waals surface area contributed by atoms with Crippen LogP contribution in [-0.2, 0) is 4.74 Å². The lowest BCUT2D eigenvalue weighted by Gasteiger charge is -2.31. The molecule has 1 aliphatic rings. The maximum atomic E-state index is 12.4. The second kappa shape index (κ2) is 6.90. The molecule has 110 valence electrons. The van der Waals surface area contributed by atoms with Crippen LogP contribution >= 0.6 is 11.6 Å². The first-order valence-corrected chi connectivity index (χ1v) is 7.25. The Morgan fingerprint density at radius 2 is 2.25 bits per heavy atom. The molecule has 0 bridgehead atoms. The summed E-state index contributed by atoms with van der Waals surface area (Å²) in [6, 6.07) is 1.90. The summed E-state index contributed by atoms with van der Waals surface area (Å²) in [5, 5.41) is 3.52. The Bertz CT molecular complexity index is 475. The molecule has 2 heterocycles. The number of nitrogens with one attached hydrogen (secondary N) is 1. The number of amides is 1. The van der Waals surface area contributed by atoms with E-state index in [1.807, 2.05) is 14.0 Å². The molecule has 1 amide bonds. The molecule has 1 saturated heterocycles. The van der Waals surface area contributed by atoms with Gasteiger partial charge < -0.3 is 15.0 Å². The van der Waals surface area contributed by atoms with Gasteiger partial charge in [-0.2, -0.15) is 0 Å². The van der Waals surface area contributed by atoms with Crippen LogP contribution in [0.1, 0.15) is 30.1 Å². The van der Waals surface area contributed by atoms with Gasteiger partial charge in [-0.15, -0.1) is 0 Å². The van der Waals surface area contributed by atoms with Gasteiger partial charge in [0.15, 0.2) is 0 Å². The second-order valence-corrected chi connectivity index (χ2v) is 5.25. The monoisotopic (exact) mass is 297 g/mol. The highest BCUT2D eigenvalue weighted by molar-refractivity contribution is 6.33. The first kappa shape index (κ1) is 15.1. The highest BCUT2D eigenvalue weighted by Gasteiger charge is 2.24. The smallest absolute Gasteiger partial charge is 0.255 e. The number of pyridine rings is 1. The van der Waals surface area contributed by atoms with E-state index in [0.29, 0.717) is 29.6 Å². The number of hydrogen-bond donors (Lipinski definition) is 1. The number of halogens is 1. The summed E-state index contributed by atoms with van der Waals surface area (Å²) < 4.78 is 5.32. The number of carbonyl (C=O) groups is 1. The maximum absolute atomic E-state index is 12.4. The third kappa shape index (κ3) is 3.41. The van der Waals surface area contributed by atoms with Crippen LogP contribution in [0.4, 0.5) is 5.82 Å². The number of carbonyl (C=O) groups excluding carboxylic acids is 1. The summed E-state index contributed by atoms with van der Waals surface area (Å²) in [7, 11) is 1.82. The van der Waals surface area contributed by atoms with Crippen molar-refractivity contribution >= 4 is 23.3 Å². The standard InChI is InChI=1S/C14H20ClN3O2/c1-3-16-13-12(15)8-10(9-17-13)14(19)18(2)11-4-6-20-7-5-11/h8-9,11H,3-7H2,1-2H3,(H,16,17). The Morgan fingerprint density at radius 1 is 1.55 bits per heavy atom. The molecular weight excluding hydrogens is 278 g/mol. The van der Waals surface area contributed by atoms with Gasteiger partial charge in [-0.05, 0) is 25.8 Å². The van der Waals surface area contributed by atoms with Gasteiger partial charge in [-0.25, -0.2) is 4.98 Å². The van der Waals surface area contributed by atoms with Crippen molar-refractivity contribution in [3.05, 3.63) is 22.8 Å². The summed E-state index contributed by atoms with van der Waals surface area (Å²) in [4.78, 5) is 18.4. The van der Waals surface area contributed by atoms with Gasteiger partial charge in [0.05, 0.1) is 10.6 Å². The summed E-state index contributed by atoms with van der Waals surface area (Å²) in [5.41, 5.74) is 0.519. The van der Waals surface area contributed by atoms with Crippen molar-refractivity contribution < 1.29 is 9.53 Å². The summed E-state index contributed by atoms with van der Waals surface area (Å²) in [5.74, 6) is 0.564. The fourth-order valence-electron chi connectivity index (χ4n) is 2.29. The minimum Gasteiger partial charge on any atom is -0.381 e. The predicted octanol–water partition coefficient (Wildman–Crippen LogP) is 2.42. The van der Waals surface area contributed by atoms with Crippen LogP contribution in [0.25, 0.3) is 0 Å². The Morgan fingerprint density at radius 3 is 2.85 bits per heavy atom. The zero-order chi connectivity index (χ0) is 14.5. The molecule has 1 aromatic rings. The Labute approximate surface area is 124 Å². The number of aromatic nitrogens is 1. The third-order valence-corrected chi connectivity index (χ3v) is 3.78. The quantitative estimate of drug-likeness (QED) is 0.927. The van der Waals surface area contributed by atoms with Crippen molar-refractivity contribution in [3.63, 3.8) is 0 Å². The van der Waals surface area contributed by atoms with Crippen molar-refractivity contribution in [2.24, 2.45) is 0 Å². The predicted molar refractivity (Wildman–Crippen MR) is 79.3 cm³/mol. The molecule has 0 unspecified atom stereocenters. The zero-order valence-corrected chi connectivity index (χ0v) is 12.6. The molecule has 1 aromatic heterocycles. The van der Waals surface area contributed by atoms with Crippen LogP contribution in [-0.4, -0.2) is 48.6 Å². The number of anilines is 1. The molecule has 0 aliphatic carbocycles. The topological polar surface area (TPSA) is 54.5 Å². The average molecular weight is 298 g/mol. The first-order chi connectivity index (χ1) is 9.63. The molecule has 0 atom stereocenters. The fourth-order valence-corrected chi connectivity index (χ4v) is 2.53. The number of ether oxygens (including phenoxy) is 1. The molecule has 0 radical (unpaired) electrons. The maximum Gasteiger partial charge on any atom is 0.255 e. The molecule has 0 aromatic carbocycles. The molecule has 1 fully saturated rings. The Hall–Kier alpha value is -1.33. The second-order valence-electron chi connectivity index (χ2n) is 4.84. The molecule has 20 heavy (non-hydrogen) atoms. The zero-order valence-electron chi connectivity index (χ0n) is 11.9.